The van der Waals surface area contributed by atoms with Gasteiger partial charge in [0.05, 0.1) is 16.4 Å². The van der Waals surface area contributed by atoms with Crippen LogP contribution in [-0.4, -0.2) is 5.91 Å². The summed E-state index contributed by atoms with van der Waals surface area (Å²) >= 11 is 8.09. The van der Waals surface area contributed by atoms with Crippen molar-refractivity contribution in [3.8, 4) is 0 Å². The van der Waals surface area contributed by atoms with Gasteiger partial charge in [-0.15, -0.1) is 0 Å². The highest BCUT2D eigenvalue weighted by molar-refractivity contribution is 14.1. The number of hydrogen-bond acceptors (Lipinski definition) is 2. The number of hydrogen-bond donors (Lipinski definition) is 2. The average Bonchev–Trinajstić information content (AvgIpc) is 2.35. The lowest BCUT2D eigenvalue weighted by molar-refractivity contribution is 0.102. The molecule has 2 rings (SSSR count). The summed E-state index contributed by atoms with van der Waals surface area (Å²) in [5.74, 6) is -0.230. The molecule has 0 heterocycles. The summed E-state index contributed by atoms with van der Waals surface area (Å²) in [5.41, 5.74) is 7.39. The average molecular weight is 373 g/mol. The number of amides is 1. The Hall–Kier alpha value is -1.27. The van der Waals surface area contributed by atoms with Gasteiger partial charge < -0.3 is 11.1 Å². The zero-order chi connectivity index (χ0) is 13.1. The molecule has 0 aliphatic carbocycles. The van der Waals surface area contributed by atoms with E-state index in [4.69, 9.17) is 17.3 Å². The predicted octanol–water partition coefficient (Wildman–Crippen LogP) is 3.78. The molecule has 3 nitrogen and oxygen atoms in total. The third-order valence-corrected chi connectivity index (χ3v) is 3.96. The molecule has 0 bridgehead atoms. The van der Waals surface area contributed by atoms with E-state index < -0.39 is 0 Å². The zero-order valence-corrected chi connectivity index (χ0v) is 12.2. The van der Waals surface area contributed by atoms with Crippen molar-refractivity contribution in [1.29, 1.82) is 0 Å². The van der Waals surface area contributed by atoms with Crippen LogP contribution in [0.3, 0.4) is 0 Å². The third kappa shape index (κ3) is 2.94. The standard InChI is InChI=1S/C13H10ClIN2O/c14-9-7-8(5-6-10(9)15)13(18)17-12-4-2-1-3-11(12)16/h1-7H,16H2,(H,17,18). The van der Waals surface area contributed by atoms with Crippen molar-refractivity contribution in [3.63, 3.8) is 0 Å². The Morgan fingerprint density at radius 3 is 2.61 bits per heavy atom. The monoisotopic (exact) mass is 372 g/mol. The maximum absolute atomic E-state index is 12.0. The topological polar surface area (TPSA) is 55.1 Å². The smallest absolute Gasteiger partial charge is 0.255 e. The third-order valence-electron chi connectivity index (χ3n) is 2.39. The van der Waals surface area contributed by atoms with Crippen molar-refractivity contribution < 1.29 is 4.79 Å². The fourth-order valence-corrected chi connectivity index (χ4v) is 1.96. The van der Waals surface area contributed by atoms with Gasteiger partial charge in [0.25, 0.3) is 5.91 Å². The normalized spacial score (nSPS) is 10.1. The van der Waals surface area contributed by atoms with Gasteiger partial charge in [-0.25, -0.2) is 0 Å². The molecular weight excluding hydrogens is 363 g/mol. The summed E-state index contributed by atoms with van der Waals surface area (Å²) in [7, 11) is 0. The number of nitrogens with one attached hydrogen (secondary N) is 1. The number of anilines is 2. The molecule has 0 aliphatic heterocycles. The van der Waals surface area contributed by atoms with Crippen molar-refractivity contribution in [1.82, 2.24) is 0 Å². The summed E-state index contributed by atoms with van der Waals surface area (Å²) in [6, 6.07) is 12.3. The van der Waals surface area contributed by atoms with Gasteiger partial charge in [0.15, 0.2) is 0 Å². The molecule has 0 fully saturated rings. The lowest BCUT2D eigenvalue weighted by atomic mass is 10.2. The molecular formula is C13H10ClIN2O. The number of carbonyl (C=O) groups is 1. The van der Waals surface area contributed by atoms with Crippen LogP contribution >= 0.6 is 34.2 Å². The van der Waals surface area contributed by atoms with Crippen molar-refractivity contribution in [2.24, 2.45) is 0 Å². The van der Waals surface area contributed by atoms with Crippen molar-refractivity contribution in [3.05, 3.63) is 56.6 Å². The van der Waals surface area contributed by atoms with Crippen molar-refractivity contribution in [2.45, 2.75) is 0 Å². The summed E-state index contributed by atoms with van der Waals surface area (Å²) in [4.78, 5) is 12.0. The van der Waals surface area contributed by atoms with Gasteiger partial charge in [0.2, 0.25) is 0 Å². The van der Waals surface area contributed by atoms with Crippen LogP contribution in [0.1, 0.15) is 10.4 Å². The van der Waals surface area contributed by atoms with Gasteiger partial charge in [-0.05, 0) is 52.9 Å². The molecule has 18 heavy (non-hydrogen) atoms. The zero-order valence-electron chi connectivity index (χ0n) is 9.28. The predicted molar refractivity (Wildman–Crippen MR) is 83.0 cm³/mol. The minimum absolute atomic E-state index is 0.230. The van der Waals surface area contributed by atoms with Crippen LogP contribution in [0.4, 0.5) is 11.4 Å². The molecule has 0 spiro atoms. The first-order valence-corrected chi connectivity index (χ1v) is 6.64. The van der Waals surface area contributed by atoms with E-state index in [0.29, 0.717) is 22.0 Å². The van der Waals surface area contributed by atoms with E-state index in [-0.39, 0.29) is 5.91 Å². The highest BCUT2D eigenvalue weighted by Gasteiger charge is 2.09. The van der Waals surface area contributed by atoms with Crippen LogP contribution in [0.25, 0.3) is 0 Å². The van der Waals surface area contributed by atoms with Crippen LogP contribution in [0.5, 0.6) is 0 Å². The highest BCUT2D eigenvalue weighted by atomic mass is 127. The first-order chi connectivity index (χ1) is 8.58. The number of nitrogen functional groups attached to an aromatic ring is 1. The van der Waals surface area contributed by atoms with Crippen molar-refractivity contribution >= 4 is 51.5 Å². The molecule has 0 aromatic heterocycles. The minimum atomic E-state index is -0.230. The van der Waals surface area contributed by atoms with E-state index in [0.717, 1.165) is 3.57 Å². The molecule has 0 aliphatic rings. The molecule has 0 saturated carbocycles. The van der Waals surface area contributed by atoms with Crippen LogP contribution < -0.4 is 11.1 Å². The number of nitrogens with two attached hydrogens (primary N) is 1. The highest BCUT2D eigenvalue weighted by Crippen LogP contribution is 2.21. The van der Waals surface area contributed by atoms with Crippen LogP contribution in [0.2, 0.25) is 5.02 Å². The van der Waals surface area contributed by atoms with Gasteiger partial charge in [-0.1, -0.05) is 23.7 Å². The Balaban J connectivity index is 2.22. The summed E-state index contributed by atoms with van der Waals surface area (Å²) in [5, 5.41) is 3.31. The number of carbonyl (C=O) groups excluding carboxylic acids is 1. The molecule has 92 valence electrons. The molecule has 3 N–H and O–H groups in total. The molecule has 2 aromatic rings. The Morgan fingerprint density at radius 2 is 1.94 bits per heavy atom. The fraction of sp³-hybridized carbons (Fsp3) is 0. The van der Waals surface area contributed by atoms with E-state index >= 15 is 0 Å². The Bertz CT molecular complexity index is 601. The van der Waals surface area contributed by atoms with Gasteiger partial charge in [-0.3, -0.25) is 4.79 Å². The summed E-state index contributed by atoms with van der Waals surface area (Å²) in [6.07, 6.45) is 0. The maximum atomic E-state index is 12.0. The minimum Gasteiger partial charge on any atom is -0.397 e. The summed E-state index contributed by atoms with van der Waals surface area (Å²) < 4.78 is 0.907. The lowest BCUT2D eigenvalue weighted by Crippen LogP contribution is -2.13. The first-order valence-electron chi connectivity index (χ1n) is 5.19. The van der Waals surface area contributed by atoms with E-state index in [1.165, 1.54) is 0 Å². The van der Waals surface area contributed by atoms with Crippen molar-refractivity contribution in [2.75, 3.05) is 11.1 Å². The molecule has 1 amide bonds. The molecule has 0 saturated heterocycles. The maximum Gasteiger partial charge on any atom is 0.255 e. The number of rotatable bonds is 2. The number of halogens is 2. The fourth-order valence-electron chi connectivity index (χ4n) is 1.44. The van der Waals surface area contributed by atoms with Crippen LogP contribution in [0, 0.1) is 3.57 Å². The van der Waals surface area contributed by atoms with Crippen LogP contribution in [-0.2, 0) is 0 Å². The van der Waals surface area contributed by atoms with Gasteiger partial charge in [0, 0.05) is 9.13 Å². The molecule has 0 radical (unpaired) electrons. The van der Waals surface area contributed by atoms with Gasteiger partial charge in [-0.2, -0.15) is 0 Å². The second-order valence-corrected chi connectivity index (χ2v) is 5.24. The molecule has 5 heteroatoms. The molecule has 2 aromatic carbocycles. The van der Waals surface area contributed by atoms with E-state index in [1.54, 1.807) is 30.3 Å². The second-order valence-electron chi connectivity index (χ2n) is 3.67. The Kier molecular flexibility index (Phi) is 4.08. The van der Waals surface area contributed by atoms with Crippen LogP contribution in [0.15, 0.2) is 42.5 Å². The lowest BCUT2D eigenvalue weighted by Gasteiger charge is -2.08. The van der Waals surface area contributed by atoms with E-state index in [2.05, 4.69) is 27.9 Å². The quantitative estimate of drug-likeness (QED) is 0.623. The van der Waals surface area contributed by atoms with E-state index in [9.17, 15) is 4.79 Å². The molecule has 0 unspecified atom stereocenters. The Morgan fingerprint density at radius 1 is 1.22 bits per heavy atom. The number of para-hydroxylation sites is 2. The number of benzene rings is 2. The largest absolute Gasteiger partial charge is 0.397 e. The van der Waals surface area contributed by atoms with E-state index in [1.807, 2.05) is 12.1 Å². The molecule has 0 atom stereocenters. The first kappa shape index (κ1) is 13.2. The van der Waals surface area contributed by atoms with Gasteiger partial charge >= 0.3 is 0 Å². The van der Waals surface area contributed by atoms with Gasteiger partial charge in [0.1, 0.15) is 0 Å². The SMILES string of the molecule is Nc1ccccc1NC(=O)c1ccc(I)c(Cl)c1. The Labute approximate surface area is 123 Å². The second kappa shape index (κ2) is 5.58. The summed E-state index contributed by atoms with van der Waals surface area (Å²) in [6.45, 7) is 0.